The van der Waals surface area contributed by atoms with Gasteiger partial charge < -0.3 is 14.8 Å². The van der Waals surface area contributed by atoms with E-state index in [0.717, 1.165) is 11.1 Å². The molecular weight excluding hydrogens is 368 g/mol. The van der Waals surface area contributed by atoms with Gasteiger partial charge >= 0.3 is 0 Å². The van der Waals surface area contributed by atoms with Crippen LogP contribution in [0.5, 0.6) is 11.5 Å². The van der Waals surface area contributed by atoms with Crippen LogP contribution in [0.15, 0.2) is 48.5 Å². The van der Waals surface area contributed by atoms with Crippen LogP contribution in [-0.2, 0) is 22.6 Å². The SMILES string of the molecule is CCN(CC(=O)NC(Cc1ccccc1)C(C)=O)Cc1ccc(OC)c(OC)c1. The highest BCUT2D eigenvalue weighted by molar-refractivity contribution is 5.88. The van der Waals surface area contributed by atoms with Crippen molar-refractivity contribution in [1.82, 2.24) is 10.2 Å². The number of amides is 1. The molecule has 2 aromatic carbocycles. The summed E-state index contributed by atoms with van der Waals surface area (Å²) in [5.41, 5.74) is 2.04. The van der Waals surface area contributed by atoms with Crippen molar-refractivity contribution >= 4 is 11.7 Å². The van der Waals surface area contributed by atoms with Gasteiger partial charge in [-0.3, -0.25) is 14.5 Å². The number of nitrogens with one attached hydrogen (secondary N) is 1. The third-order valence-corrected chi connectivity index (χ3v) is 4.78. The number of ether oxygens (including phenoxy) is 2. The number of nitrogens with zero attached hydrogens (tertiary/aromatic N) is 1. The summed E-state index contributed by atoms with van der Waals surface area (Å²) in [4.78, 5) is 26.6. The lowest BCUT2D eigenvalue weighted by Crippen LogP contribution is -2.45. The minimum atomic E-state index is -0.523. The number of hydrogen-bond donors (Lipinski definition) is 1. The molecule has 0 spiro atoms. The molecular formula is C23H30N2O4. The van der Waals surface area contributed by atoms with Crippen molar-refractivity contribution in [3.63, 3.8) is 0 Å². The summed E-state index contributed by atoms with van der Waals surface area (Å²) >= 11 is 0. The van der Waals surface area contributed by atoms with E-state index in [1.807, 2.05) is 60.4 Å². The van der Waals surface area contributed by atoms with E-state index in [4.69, 9.17) is 9.47 Å². The van der Waals surface area contributed by atoms with Gasteiger partial charge in [-0.1, -0.05) is 43.3 Å². The summed E-state index contributed by atoms with van der Waals surface area (Å²) in [5, 5.41) is 2.88. The number of ketones is 1. The molecule has 1 atom stereocenters. The fourth-order valence-corrected chi connectivity index (χ4v) is 3.11. The zero-order chi connectivity index (χ0) is 21.2. The maximum atomic E-state index is 12.6. The number of benzene rings is 2. The predicted molar refractivity (Wildman–Crippen MR) is 113 cm³/mol. The van der Waals surface area contributed by atoms with Gasteiger partial charge in [-0.2, -0.15) is 0 Å². The lowest BCUT2D eigenvalue weighted by atomic mass is 10.0. The van der Waals surface area contributed by atoms with Crippen molar-refractivity contribution in [3.05, 3.63) is 59.7 Å². The lowest BCUT2D eigenvalue weighted by Gasteiger charge is -2.22. The molecule has 156 valence electrons. The largest absolute Gasteiger partial charge is 0.493 e. The smallest absolute Gasteiger partial charge is 0.234 e. The van der Waals surface area contributed by atoms with Crippen molar-refractivity contribution in [2.75, 3.05) is 27.3 Å². The van der Waals surface area contributed by atoms with Gasteiger partial charge in [-0.05, 0) is 43.1 Å². The summed E-state index contributed by atoms with van der Waals surface area (Å²) < 4.78 is 10.6. The molecule has 2 aromatic rings. The first-order chi connectivity index (χ1) is 14.0. The molecule has 0 fully saturated rings. The Labute approximate surface area is 172 Å². The van der Waals surface area contributed by atoms with E-state index >= 15 is 0 Å². The molecule has 29 heavy (non-hydrogen) atoms. The number of methoxy groups -OCH3 is 2. The fourth-order valence-electron chi connectivity index (χ4n) is 3.11. The normalized spacial score (nSPS) is 11.8. The van der Waals surface area contributed by atoms with E-state index in [1.54, 1.807) is 14.2 Å². The molecule has 0 saturated heterocycles. The van der Waals surface area contributed by atoms with Crippen LogP contribution in [0.1, 0.15) is 25.0 Å². The molecule has 0 radical (unpaired) electrons. The minimum Gasteiger partial charge on any atom is -0.493 e. The molecule has 1 amide bonds. The molecule has 0 saturated carbocycles. The maximum absolute atomic E-state index is 12.6. The van der Waals surface area contributed by atoms with E-state index in [1.165, 1.54) is 6.92 Å². The Hall–Kier alpha value is -2.86. The van der Waals surface area contributed by atoms with Crippen molar-refractivity contribution in [1.29, 1.82) is 0 Å². The van der Waals surface area contributed by atoms with Gasteiger partial charge in [0.05, 0.1) is 26.8 Å². The van der Waals surface area contributed by atoms with Crippen LogP contribution in [0.25, 0.3) is 0 Å². The number of carbonyl (C=O) groups excluding carboxylic acids is 2. The second kappa shape index (κ2) is 11.2. The third-order valence-electron chi connectivity index (χ3n) is 4.78. The number of likely N-dealkylation sites (N-methyl/N-ethyl adjacent to an activating group) is 1. The van der Waals surface area contributed by atoms with Gasteiger partial charge in [-0.15, -0.1) is 0 Å². The summed E-state index contributed by atoms with van der Waals surface area (Å²) in [5.74, 6) is 1.11. The highest BCUT2D eigenvalue weighted by Gasteiger charge is 2.19. The predicted octanol–water partition coefficient (Wildman–Crippen LogP) is 2.84. The lowest BCUT2D eigenvalue weighted by molar-refractivity contribution is -0.127. The van der Waals surface area contributed by atoms with Crippen LogP contribution in [0.3, 0.4) is 0 Å². The van der Waals surface area contributed by atoms with E-state index in [0.29, 0.717) is 31.0 Å². The van der Waals surface area contributed by atoms with Gasteiger partial charge in [0.1, 0.15) is 0 Å². The van der Waals surface area contributed by atoms with Crippen LogP contribution in [0, 0.1) is 0 Å². The van der Waals surface area contributed by atoms with Crippen LogP contribution < -0.4 is 14.8 Å². The second-order valence-electron chi connectivity index (χ2n) is 6.91. The Kier molecular flexibility index (Phi) is 8.68. The molecule has 0 aromatic heterocycles. The average Bonchev–Trinajstić information content (AvgIpc) is 2.73. The van der Waals surface area contributed by atoms with E-state index < -0.39 is 6.04 Å². The Bertz CT molecular complexity index is 808. The first kappa shape index (κ1) is 22.4. The molecule has 0 aliphatic heterocycles. The first-order valence-corrected chi connectivity index (χ1v) is 9.73. The maximum Gasteiger partial charge on any atom is 0.234 e. The Morgan fingerprint density at radius 2 is 1.69 bits per heavy atom. The van der Waals surface area contributed by atoms with Gasteiger partial charge in [0.2, 0.25) is 5.91 Å². The minimum absolute atomic E-state index is 0.0508. The van der Waals surface area contributed by atoms with E-state index in [9.17, 15) is 9.59 Å². The van der Waals surface area contributed by atoms with E-state index in [2.05, 4.69) is 5.32 Å². The standard InChI is InChI=1S/C23H30N2O4/c1-5-25(15-19-11-12-21(28-3)22(14-19)29-4)16-23(27)24-20(17(2)26)13-18-9-7-6-8-10-18/h6-12,14,20H,5,13,15-16H2,1-4H3,(H,24,27). The molecule has 0 bridgehead atoms. The molecule has 6 heteroatoms. The van der Waals surface area contributed by atoms with Crippen molar-refractivity contribution in [2.45, 2.75) is 32.9 Å². The van der Waals surface area contributed by atoms with Crippen molar-refractivity contribution in [2.24, 2.45) is 0 Å². The number of carbonyl (C=O) groups is 2. The zero-order valence-corrected chi connectivity index (χ0v) is 17.6. The van der Waals surface area contributed by atoms with Crippen LogP contribution in [0.4, 0.5) is 0 Å². The summed E-state index contributed by atoms with van der Waals surface area (Å²) in [7, 11) is 3.20. The van der Waals surface area contributed by atoms with Gasteiger partial charge in [0.25, 0.3) is 0 Å². The number of rotatable bonds is 11. The van der Waals surface area contributed by atoms with Gasteiger partial charge in [0.15, 0.2) is 17.3 Å². The van der Waals surface area contributed by atoms with Gasteiger partial charge in [-0.25, -0.2) is 0 Å². The first-order valence-electron chi connectivity index (χ1n) is 9.73. The molecule has 0 aliphatic carbocycles. The summed E-state index contributed by atoms with van der Waals surface area (Å²) in [6, 6.07) is 14.9. The zero-order valence-electron chi connectivity index (χ0n) is 17.6. The molecule has 6 nitrogen and oxygen atoms in total. The van der Waals surface area contributed by atoms with Crippen molar-refractivity contribution < 1.29 is 19.1 Å². The molecule has 2 rings (SSSR count). The van der Waals surface area contributed by atoms with Crippen LogP contribution >= 0.6 is 0 Å². The Morgan fingerprint density at radius 3 is 2.28 bits per heavy atom. The quantitative estimate of drug-likeness (QED) is 0.630. The molecule has 0 aliphatic rings. The number of hydrogen-bond acceptors (Lipinski definition) is 5. The second-order valence-corrected chi connectivity index (χ2v) is 6.91. The highest BCUT2D eigenvalue weighted by atomic mass is 16.5. The molecule has 0 heterocycles. The Balaban J connectivity index is 1.98. The summed E-state index contributed by atoms with van der Waals surface area (Å²) in [6.07, 6.45) is 0.490. The summed E-state index contributed by atoms with van der Waals surface area (Å²) in [6.45, 7) is 5.01. The van der Waals surface area contributed by atoms with Crippen LogP contribution in [-0.4, -0.2) is 49.9 Å². The van der Waals surface area contributed by atoms with Crippen molar-refractivity contribution in [3.8, 4) is 11.5 Å². The average molecular weight is 399 g/mol. The number of Topliss-reactive ketones (excluding diaryl/α,β-unsaturated/α-hetero) is 1. The molecule has 1 N–H and O–H groups in total. The molecule has 1 unspecified atom stereocenters. The monoisotopic (exact) mass is 398 g/mol. The third kappa shape index (κ3) is 6.91. The van der Waals surface area contributed by atoms with Gasteiger partial charge in [0, 0.05) is 6.54 Å². The fraction of sp³-hybridized carbons (Fsp3) is 0.391. The topological polar surface area (TPSA) is 67.9 Å². The van der Waals surface area contributed by atoms with Crippen LogP contribution in [0.2, 0.25) is 0 Å². The Morgan fingerprint density at radius 1 is 1.00 bits per heavy atom. The van der Waals surface area contributed by atoms with E-state index in [-0.39, 0.29) is 18.2 Å². The highest BCUT2D eigenvalue weighted by Crippen LogP contribution is 2.28.